The number of hydrogen-bond donors (Lipinski definition) is 0. The minimum Gasteiger partial charge on any atom is -0.454 e. The highest BCUT2D eigenvalue weighted by molar-refractivity contribution is 6.34. The number of anilines is 1. The predicted octanol–water partition coefficient (Wildman–Crippen LogP) is 6.24. The van der Waals surface area contributed by atoms with Crippen LogP contribution in [0.2, 0.25) is 5.02 Å². The molecule has 6 rings (SSSR count). The summed E-state index contributed by atoms with van der Waals surface area (Å²) in [5, 5.41) is 0.615. The Kier molecular flexibility index (Phi) is 8.04. The lowest BCUT2D eigenvalue weighted by Crippen LogP contribution is -2.55. The number of fused-ring (bicyclic) bond motifs is 2. The van der Waals surface area contributed by atoms with Gasteiger partial charge in [0.05, 0.1) is 33.0 Å². The molecule has 0 saturated carbocycles. The van der Waals surface area contributed by atoms with E-state index in [0.29, 0.717) is 48.0 Å². The van der Waals surface area contributed by atoms with Gasteiger partial charge in [-0.15, -0.1) is 0 Å². The second-order valence-electron chi connectivity index (χ2n) is 12.9. The first-order chi connectivity index (χ1) is 21.7. The Morgan fingerprint density at radius 2 is 1.91 bits per heavy atom. The zero-order chi connectivity index (χ0) is 33.1. The molecule has 1 amide bonds. The first-order valence-electron chi connectivity index (χ1n) is 15.2. The van der Waals surface area contributed by atoms with E-state index in [0.717, 1.165) is 5.56 Å². The van der Waals surface area contributed by atoms with Crippen LogP contribution in [0.4, 0.5) is 15.0 Å². The SMILES string of the molecule is Cc1ccnc(C(C)C)c1-n1c(=O)nc(N2CCN(C(=O)OC(C)(C)C)C[C@@H]2C)c2cc(Cl)c(-c3c(F)ccc4c3OCO4)nc21. The minimum atomic E-state index is -0.630. The molecule has 11 nitrogen and oxygen atoms in total. The highest BCUT2D eigenvalue weighted by Crippen LogP contribution is 2.45. The fourth-order valence-electron chi connectivity index (χ4n) is 5.92. The second-order valence-corrected chi connectivity index (χ2v) is 13.3. The molecule has 0 N–H and O–H groups in total. The van der Waals surface area contributed by atoms with Crippen LogP contribution in [0.1, 0.15) is 58.7 Å². The molecule has 0 aliphatic carbocycles. The average molecular weight is 651 g/mol. The molecule has 2 aliphatic rings. The molecule has 1 saturated heterocycles. The van der Waals surface area contributed by atoms with Gasteiger partial charge in [-0.1, -0.05) is 25.4 Å². The van der Waals surface area contributed by atoms with Gasteiger partial charge in [0, 0.05) is 31.9 Å². The van der Waals surface area contributed by atoms with Crippen molar-refractivity contribution in [3.8, 4) is 28.4 Å². The molecular formula is C33H36ClFN6O5. The number of amides is 1. The first kappa shape index (κ1) is 31.5. The number of hydrogen-bond acceptors (Lipinski definition) is 9. The molecule has 46 heavy (non-hydrogen) atoms. The van der Waals surface area contributed by atoms with Crippen molar-refractivity contribution in [3.05, 3.63) is 63.0 Å². The predicted molar refractivity (Wildman–Crippen MR) is 173 cm³/mol. The van der Waals surface area contributed by atoms with E-state index >= 15 is 4.39 Å². The number of carbonyl (C=O) groups is 1. The van der Waals surface area contributed by atoms with Gasteiger partial charge < -0.3 is 24.0 Å². The summed E-state index contributed by atoms with van der Waals surface area (Å²) in [7, 11) is 0. The maximum absolute atomic E-state index is 15.5. The summed E-state index contributed by atoms with van der Waals surface area (Å²) >= 11 is 6.90. The number of aryl methyl sites for hydroxylation is 1. The van der Waals surface area contributed by atoms with E-state index < -0.39 is 23.2 Å². The van der Waals surface area contributed by atoms with Crippen LogP contribution in [-0.2, 0) is 4.74 Å². The van der Waals surface area contributed by atoms with Gasteiger partial charge in [0.2, 0.25) is 6.79 Å². The van der Waals surface area contributed by atoms with Gasteiger partial charge >= 0.3 is 11.8 Å². The third kappa shape index (κ3) is 5.59. The lowest BCUT2D eigenvalue weighted by atomic mass is 10.0. The molecule has 0 spiro atoms. The van der Waals surface area contributed by atoms with Gasteiger partial charge in [-0.05, 0) is 70.4 Å². The van der Waals surface area contributed by atoms with Crippen molar-refractivity contribution in [1.29, 1.82) is 0 Å². The molecule has 5 heterocycles. The largest absolute Gasteiger partial charge is 0.454 e. The molecule has 0 unspecified atom stereocenters. The highest BCUT2D eigenvalue weighted by Gasteiger charge is 2.33. The van der Waals surface area contributed by atoms with Crippen molar-refractivity contribution in [3.63, 3.8) is 0 Å². The smallest absolute Gasteiger partial charge is 0.410 e. The molecule has 13 heteroatoms. The van der Waals surface area contributed by atoms with Gasteiger partial charge in [0.15, 0.2) is 17.1 Å². The number of benzene rings is 1. The Morgan fingerprint density at radius 1 is 1.15 bits per heavy atom. The Balaban J connectivity index is 1.57. The average Bonchev–Trinajstić information content (AvgIpc) is 3.45. The van der Waals surface area contributed by atoms with E-state index in [4.69, 9.17) is 30.8 Å². The van der Waals surface area contributed by atoms with Crippen LogP contribution in [0.25, 0.3) is 28.0 Å². The van der Waals surface area contributed by atoms with Crippen molar-refractivity contribution in [1.82, 2.24) is 24.4 Å². The summed E-state index contributed by atoms with van der Waals surface area (Å²) in [6.45, 7) is 14.3. The molecule has 1 aromatic carbocycles. The van der Waals surface area contributed by atoms with E-state index in [1.54, 1.807) is 17.2 Å². The van der Waals surface area contributed by atoms with Gasteiger partial charge in [-0.3, -0.25) is 4.98 Å². The second kappa shape index (κ2) is 11.7. The maximum Gasteiger partial charge on any atom is 0.410 e. The fourth-order valence-corrected chi connectivity index (χ4v) is 6.17. The third-order valence-electron chi connectivity index (χ3n) is 8.00. The number of carbonyl (C=O) groups excluding carboxylic acids is 1. The molecule has 2 aliphatic heterocycles. The number of piperazine rings is 1. The molecule has 0 bridgehead atoms. The Hall–Kier alpha value is -4.45. The van der Waals surface area contributed by atoms with Crippen molar-refractivity contribution in [2.24, 2.45) is 0 Å². The standard InChI is InChI=1S/C33H36ClFN6O5/c1-17(2)25-27(18(3)10-11-36-25)41-30-20(14-21(34)26(37-30)24-22(35)8-9-23-28(24)45-16-44-23)29(38-31(41)42)40-13-12-39(15-19(40)4)32(43)46-33(5,6)7/h8-11,14,17,19H,12-13,15-16H2,1-7H3/t19-/m0/s1. The minimum absolute atomic E-state index is 0.0330. The maximum atomic E-state index is 15.5. The van der Waals surface area contributed by atoms with Crippen LogP contribution in [0, 0.1) is 12.7 Å². The van der Waals surface area contributed by atoms with Crippen LogP contribution < -0.4 is 20.1 Å². The van der Waals surface area contributed by atoms with E-state index in [1.165, 1.54) is 16.7 Å². The molecule has 4 aromatic rings. The first-order valence-corrected chi connectivity index (χ1v) is 15.5. The fraction of sp³-hybridized carbons (Fsp3) is 0.424. The summed E-state index contributed by atoms with van der Waals surface area (Å²) in [6.07, 6.45) is 1.29. The Bertz CT molecular complexity index is 1920. The van der Waals surface area contributed by atoms with Crippen molar-refractivity contribution < 1.29 is 23.4 Å². The van der Waals surface area contributed by atoms with Gasteiger partial charge in [-0.2, -0.15) is 4.98 Å². The summed E-state index contributed by atoms with van der Waals surface area (Å²) in [5.41, 5.74) is 1.16. The normalized spacial score (nSPS) is 16.4. The van der Waals surface area contributed by atoms with Crippen LogP contribution in [-0.4, -0.2) is 68.6 Å². The Morgan fingerprint density at radius 3 is 2.61 bits per heavy atom. The zero-order valence-electron chi connectivity index (χ0n) is 26.9. The van der Waals surface area contributed by atoms with E-state index in [9.17, 15) is 9.59 Å². The van der Waals surface area contributed by atoms with Crippen LogP contribution >= 0.6 is 11.6 Å². The van der Waals surface area contributed by atoms with Gasteiger partial charge in [0.25, 0.3) is 0 Å². The van der Waals surface area contributed by atoms with Crippen molar-refractivity contribution in [2.75, 3.05) is 31.3 Å². The molecular weight excluding hydrogens is 615 g/mol. The lowest BCUT2D eigenvalue weighted by molar-refractivity contribution is 0.0218. The van der Waals surface area contributed by atoms with Crippen LogP contribution in [0.5, 0.6) is 11.5 Å². The highest BCUT2D eigenvalue weighted by atomic mass is 35.5. The number of rotatable bonds is 4. The van der Waals surface area contributed by atoms with Crippen molar-refractivity contribution in [2.45, 2.75) is 66.0 Å². The number of pyridine rings is 2. The summed E-state index contributed by atoms with van der Waals surface area (Å²) in [5.74, 6) is 0.269. The van der Waals surface area contributed by atoms with E-state index in [1.807, 2.05) is 59.4 Å². The molecule has 1 atom stereocenters. The lowest BCUT2D eigenvalue weighted by Gasteiger charge is -2.41. The van der Waals surface area contributed by atoms with Gasteiger partial charge in [-0.25, -0.2) is 23.5 Å². The number of halogens is 2. The van der Waals surface area contributed by atoms with Crippen molar-refractivity contribution >= 4 is 34.5 Å². The third-order valence-corrected chi connectivity index (χ3v) is 8.29. The Labute approximate surface area is 270 Å². The van der Waals surface area contributed by atoms with E-state index in [-0.39, 0.29) is 46.4 Å². The topological polar surface area (TPSA) is 112 Å². The zero-order valence-corrected chi connectivity index (χ0v) is 27.6. The quantitative estimate of drug-likeness (QED) is 0.253. The molecule has 3 aromatic heterocycles. The van der Waals surface area contributed by atoms with Gasteiger partial charge in [0.1, 0.15) is 17.2 Å². The molecule has 1 fully saturated rings. The molecule has 242 valence electrons. The molecule has 0 radical (unpaired) electrons. The summed E-state index contributed by atoms with van der Waals surface area (Å²) < 4.78 is 33.6. The number of nitrogens with zero attached hydrogens (tertiary/aromatic N) is 6. The summed E-state index contributed by atoms with van der Waals surface area (Å²) in [6, 6.07) is 5.99. The monoisotopic (exact) mass is 650 g/mol. The summed E-state index contributed by atoms with van der Waals surface area (Å²) in [4.78, 5) is 44.7. The van der Waals surface area contributed by atoms with Crippen LogP contribution in [0.15, 0.2) is 35.3 Å². The number of aromatic nitrogens is 4. The van der Waals surface area contributed by atoms with E-state index in [2.05, 4.69) is 9.97 Å². The number of ether oxygens (including phenoxy) is 3. The van der Waals surface area contributed by atoms with Crippen LogP contribution in [0.3, 0.4) is 0 Å².